The van der Waals surface area contributed by atoms with Crippen molar-refractivity contribution in [1.82, 2.24) is 10.2 Å². The minimum Gasteiger partial charge on any atom is -0.352 e. The van der Waals surface area contributed by atoms with Gasteiger partial charge in [-0.05, 0) is 61.2 Å². The first kappa shape index (κ1) is 32.1. The molecule has 4 rings (SSSR count). The molecule has 3 aromatic carbocycles. The van der Waals surface area contributed by atoms with E-state index in [9.17, 15) is 18.0 Å². The molecule has 0 bridgehead atoms. The van der Waals surface area contributed by atoms with Crippen molar-refractivity contribution in [2.45, 2.75) is 69.0 Å². The molecule has 1 N–H and O–H groups in total. The van der Waals surface area contributed by atoms with E-state index in [1.54, 1.807) is 48.5 Å². The number of halogens is 3. The van der Waals surface area contributed by atoms with Gasteiger partial charge < -0.3 is 10.2 Å². The molecular weight excluding hydrogens is 617 g/mol. The molecule has 7 nitrogen and oxygen atoms in total. The van der Waals surface area contributed by atoms with Crippen molar-refractivity contribution >= 4 is 62.3 Å². The second-order valence-corrected chi connectivity index (χ2v) is 13.4. The number of hydrogen-bond donors (Lipinski definition) is 1. The highest BCUT2D eigenvalue weighted by atomic mass is 35.5. The molecule has 0 aromatic heterocycles. The number of rotatable bonds is 11. The quantitative estimate of drug-likeness (QED) is 0.240. The van der Waals surface area contributed by atoms with Crippen LogP contribution in [0.1, 0.15) is 51.0 Å². The van der Waals surface area contributed by atoms with Gasteiger partial charge in [-0.1, -0.05) is 97.4 Å². The van der Waals surface area contributed by atoms with E-state index in [4.69, 9.17) is 34.8 Å². The fourth-order valence-electron chi connectivity index (χ4n) is 5.17. The lowest BCUT2D eigenvalue weighted by molar-refractivity contribution is -0.140. The van der Waals surface area contributed by atoms with Gasteiger partial charge in [0.15, 0.2) is 0 Å². The third-order valence-electron chi connectivity index (χ3n) is 7.41. The number of hydrogen-bond acceptors (Lipinski definition) is 4. The van der Waals surface area contributed by atoms with Gasteiger partial charge in [0.1, 0.15) is 12.6 Å². The molecule has 0 saturated heterocycles. The summed E-state index contributed by atoms with van der Waals surface area (Å²) in [5.41, 5.74) is 0.808. The Morgan fingerprint density at radius 3 is 2.21 bits per heavy atom. The molecule has 42 heavy (non-hydrogen) atoms. The SMILES string of the molecule is CC[C@@H](C(=O)NC1CCCCC1)N(Cc1ccc(Cl)cc1)C(=O)CN(c1cccc(Cl)c1Cl)S(=O)(=O)c1ccccc1. The van der Waals surface area contributed by atoms with Crippen molar-refractivity contribution in [3.05, 3.63) is 93.4 Å². The van der Waals surface area contributed by atoms with E-state index < -0.39 is 28.5 Å². The topological polar surface area (TPSA) is 86.8 Å². The molecule has 0 unspecified atom stereocenters. The maximum Gasteiger partial charge on any atom is 0.264 e. The molecule has 1 aliphatic rings. The summed E-state index contributed by atoms with van der Waals surface area (Å²) in [6, 6.07) is 18.6. The molecule has 1 saturated carbocycles. The highest BCUT2D eigenvalue weighted by molar-refractivity contribution is 7.92. The summed E-state index contributed by atoms with van der Waals surface area (Å²) in [5.74, 6) is -0.823. The van der Waals surface area contributed by atoms with Crippen molar-refractivity contribution in [3.63, 3.8) is 0 Å². The van der Waals surface area contributed by atoms with Gasteiger partial charge in [0.25, 0.3) is 10.0 Å². The highest BCUT2D eigenvalue weighted by Crippen LogP contribution is 2.35. The minimum absolute atomic E-state index is 0.00203. The number of sulfonamides is 1. The largest absolute Gasteiger partial charge is 0.352 e. The lowest BCUT2D eigenvalue weighted by atomic mass is 9.95. The molecule has 0 spiro atoms. The lowest BCUT2D eigenvalue weighted by Crippen LogP contribution is -2.54. The Labute approximate surface area is 262 Å². The Balaban J connectivity index is 1.72. The molecule has 3 aromatic rings. The van der Waals surface area contributed by atoms with E-state index in [1.165, 1.54) is 29.2 Å². The van der Waals surface area contributed by atoms with Gasteiger partial charge in [-0.2, -0.15) is 0 Å². The first-order valence-corrected chi connectivity index (χ1v) is 16.5. The number of anilines is 1. The normalized spacial score (nSPS) is 14.7. The Morgan fingerprint density at radius 2 is 1.57 bits per heavy atom. The molecule has 224 valence electrons. The van der Waals surface area contributed by atoms with Crippen LogP contribution in [0.4, 0.5) is 5.69 Å². The van der Waals surface area contributed by atoms with Crippen LogP contribution in [0.25, 0.3) is 0 Å². The van der Waals surface area contributed by atoms with Crippen molar-refractivity contribution < 1.29 is 18.0 Å². The van der Waals surface area contributed by atoms with Crippen molar-refractivity contribution in [2.75, 3.05) is 10.8 Å². The monoisotopic (exact) mass is 649 g/mol. The first-order chi connectivity index (χ1) is 20.1. The zero-order valence-corrected chi connectivity index (χ0v) is 26.4. The van der Waals surface area contributed by atoms with Gasteiger partial charge in [-0.15, -0.1) is 0 Å². The zero-order chi connectivity index (χ0) is 30.3. The lowest BCUT2D eigenvalue weighted by Gasteiger charge is -2.34. The van der Waals surface area contributed by atoms with E-state index in [0.717, 1.165) is 42.0 Å². The Hall–Kier alpha value is -2.78. The maximum absolute atomic E-state index is 14.2. The average molecular weight is 651 g/mol. The predicted octanol–water partition coefficient (Wildman–Crippen LogP) is 7.10. The number of benzene rings is 3. The Bertz CT molecular complexity index is 1480. The van der Waals surface area contributed by atoms with Gasteiger partial charge in [0.2, 0.25) is 11.8 Å². The first-order valence-electron chi connectivity index (χ1n) is 14.0. The molecule has 1 fully saturated rings. The van der Waals surface area contributed by atoms with Gasteiger partial charge >= 0.3 is 0 Å². The number of carbonyl (C=O) groups is 2. The van der Waals surface area contributed by atoms with E-state index >= 15 is 0 Å². The minimum atomic E-state index is -4.25. The summed E-state index contributed by atoms with van der Waals surface area (Å²) in [6.07, 6.45) is 5.35. The summed E-state index contributed by atoms with van der Waals surface area (Å²) in [6.45, 7) is 1.31. The molecule has 11 heteroatoms. The van der Waals surface area contributed by atoms with E-state index in [1.807, 2.05) is 6.92 Å². The number of carbonyl (C=O) groups excluding carboxylic acids is 2. The third-order valence-corrected chi connectivity index (χ3v) is 10.2. The standard InChI is InChI=1S/C31H34Cl3N3O4S/c1-2-27(31(39)35-24-10-5-3-6-11-24)36(20-22-16-18-23(32)19-17-22)29(38)21-37(28-15-9-14-26(33)30(28)34)42(40,41)25-12-7-4-8-13-25/h4,7-9,12-19,24,27H,2-3,5-6,10-11,20-21H2,1H3,(H,35,39)/t27-/m0/s1. The second-order valence-electron chi connectivity index (χ2n) is 10.3. The van der Waals surface area contributed by atoms with Crippen molar-refractivity contribution in [1.29, 1.82) is 0 Å². The van der Waals surface area contributed by atoms with Gasteiger partial charge in [0, 0.05) is 17.6 Å². The summed E-state index contributed by atoms with van der Waals surface area (Å²) in [5, 5.41) is 3.81. The van der Waals surface area contributed by atoms with Crippen LogP contribution in [0.3, 0.4) is 0 Å². The average Bonchev–Trinajstić information content (AvgIpc) is 2.99. The molecule has 1 atom stereocenters. The van der Waals surface area contributed by atoms with Gasteiger partial charge in [-0.3, -0.25) is 13.9 Å². The van der Waals surface area contributed by atoms with E-state index in [2.05, 4.69) is 5.32 Å². The zero-order valence-electron chi connectivity index (χ0n) is 23.3. The van der Waals surface area contributed by atoms with Crippen LogP contribution in [-0.4, -0.2) is 43.8 Å². The predicted molar refractivity (Wildman–Crippen MR) is 169 cm³/mol. The third kappa shape index (κ3) is 7.78. The van der Waals surface area contributed by atoms with Crippen molar-refractivity contribution in [3.8, 4) is 0 Å². The van der Waals surface area contributed by atoms with Crippen LogP contribution in [0.5, 0.6) is 0 Å². The van der Waals surface area contributed by atoms with E-state index in [-0.39, 0.29) is 39.1 Å². The summed E-state index contributed by atoms with van der Waals surface area (Å²) >= 11 is 18.9. The van der Waals surface area contributed by atoms with Crippen LogP contribution in [0.2, 0.25) is 15.1 Å². The van der Waals surface area contributed by atoms with E-state index in [0.29, 0.717) is 11.4 Å². The summed E-state index contributed by atoms with van der Waals surface area (Å²) < 4.78 is 28.8. The summed E-state index contributed by atoms with van der Waals surface area (Å²) in [4.78, 5) is 29.2. The molecular formula is C31H34Cl3N3O4S. The maximum atomic E-state index is 14.2. The fourth-order valence-corrected chi connectivity index (χ4v) is 7.19. The fraction of sp³-hybridized carbons (Fsp3) is 0.355. The smallest absolute Gasteiger partial charge is 0.264 e. The Morgan fingerprint density at radius 1 is 0.905 bits per heavy atom. The molecule has 0 radical (unpaired) electrons. The second kappa shape index (κ2) is 14.6. The molecule has 0 heterocycles. The number of nitrogens with one attached hydrogen (secondary N) is 1. The Kier molecular flexibility index (Phi) is 11.2. The number of amides is 2. The molecule has 0 aliphatic heterocycles. The van der Waals surface area contributed by atoms with Crippen LogP contribution in [0, 0.1) is 0 Å². The molecule has 1 aliphatic carbocycles. The van der Waals surface area contributed by atoms with Gasteiger partial charge in [-0.25, -0.2) is 8.42 Å². The van der Waals surface area contributed by atoms with Crippen molar-refractivity contribution in [2.24, 2.45) is 0 Å². The van der Waals surface area contributed by atoms with Crippen LogP contribution >= 0.6 is 34.8 Å². The van der Waals surface area contributed by atoms with Crippen LogP contribution in [0.15, 0.2) is 77.7 Å². The van der Waals surface area contributed by atoms with Crippen LogP contribution < -0.4 is 9.62 Å². The summed E-state index contributed by atoms with van der Waals surface area (Å²) in [7, 11) is -4.25. The van der Waals surface area contributed by atoms with Gasteiger partial charge in [0.05, 0.1) is 20.6 Å². The highest BCUT2D eigenvalue weighted by Gasteiger charge is 2.35. The van der Waals surface area contributed by atoms with Crippen LogP contribution in [-0.2, 0) is 26.2 Å². The number of nitrogens with zero attached hydrogens (tertiary/aromatic N) is 2. The molecule has 2 amide bonds.